The molecule has 2 heterocycles. The molecule has 2 aliphatic heterocycles. The zero-order chi connectivity index (χ0) is 22.0. The van der Waals surface area contributed by atoms with Crippen molar-refractivity contribution in [3.63, 3.8) is 0 Å². The molecular formula is C25H33N3O2S. The van der Waals surface area contributed by atoms with E-state index in [2.05, 4.69) is 71.9 Å². The van der Waals surface area contributed by atoms with Gasteiger partial charge in [-0.15, -0.1) is 0 Å². The molecule has 0 aliphatic carbocycles. The molecule has 0 spiro atoms. The highest BCUT2D eigenvalue weighted by Crippen LogP contribution is 2.30. The van der Waals surface area contributed by atoms with Crippen LogP contribution in [0, 0.1) is 0 Å². The molecule has 166 valence electrons. The number of sulfonamides is 1. The first-order valence-corrected chi connectivity index (χ1v) is 12.8. The number of nitrogens with one attached hydrogen (secondary N) is 1. The Hall–Kier alpha value is -2.15. The maximum Gasteiger partial charge on any atom is 0.213 e. The van der Waals surface area contributed by atoms with Crippen LogP contribution in [0.3, 0.4) is 0 Å². The molecule has 2 aliphatic rings. The molecule has 0 bridgehead atoms. The summed E-state index contributed by atoms with van der Waals surface area (Å²) in [4.78, 5) is 2.38. The van der Waals surface area contributed by atoms with Gasteiger partial charge in [0.25, 0.3) is 0 Å². The maximum atomic E-state index is 12.1. The number of hydrogen-bond acceptors (Lipinski definition) is 4. The zero-order valence-corrected chi connectivity index (χ0v) is 19.5. The average molecular weight is 440 g/mol. The highest BCUT2D eigenvalue weighted by atomic mass is 32.2. The number of benzene rings is 2. The van der Waals surface area contributed by atoms with E-state index in [1.54, 1.807) is 11.2 Å². The molecule has 1 fully saturated rings. The summed E-state index contributed by atoms with van der Waals surface area (Å²) in [6.45, 7) is 6.02. The van der Waals surface area contributed by atoms with Crippen LogP contribution in [0.1, 0.15) is 49.4 Å². The van der Waals surface area contributed by atoms with E-state index in [4.69, 9.17) is 0 Å². The van der Waals surface area contributed by atoms with Crippen molar-refractivity contribution in [2.75, 3.05) is 25.9 Å². The largest absolute Gasteiger partial charge is 0.370 e. The van der Waals surface area contributed by atoms with Gasteiger partial charge in [-0.1, -0.05) is 30.3 Å². The zero-order valence-electron chi connectivity index (χ0n) is 18.7. The second-order valence-corrected chi connectivity index (χ2v) is 10.8. The summed E-state index contributed by atoms with van der Waals surface area (Å²) in [6, 6.07) is 16.2. The van der Waals surface area contributed by atoms with E-state index < -0.39 is 10.0 Å². The molecule has 31 heavy (non-hydrogen) atoms. The van der Waals surface area contributed by atoms with E-state index in [0.717, 1.165) is 19.4 Å². The van der Waals surface area contributed by atoms with Crippen molar-refractivity contribution < 1.29 is 8.42 Å². The fraction of sp³-hybridized carbons (Fsp3) is 0.440. The number of nitrogens with zero attached hydrogens (tertiary/aromatic N) is 2. The predicted octanol–water partition coefficient (Wildman–Crippen LogP) is 4.23. The van der Waals surface area contributed by atoms with Gasteiger partial charge in [0.1, 0.15) is 0 Å². The number of hydrogen-bond donors (Lipinski definition) is 1. The van der Waals surface area contributed by atoms with Crippen molar-refractivity contribution >= 4 is 16.1 Å². The van der Waals surface area contributed by atoms with Gasteiger partial charge in [0, 0.05) is 37.9 Å². The van der Waals surface area contributed by atoms with Crippen molar-refractivity contribution in [2.24, 2.45) is 0 Å². The fourth-order valence-electron chi connectivity index (χ4n) is 4.54. The lowest BCUT2D eigenvalue weighted by atomic mass is 9.94. The van der Waals surface area contributed by atoms with Gasteiger partial charge in [0.2, 0.25) is 10.0 Å². The van der Waals surface area contributed by atoms with Crippen molar-refractivity contribution in [3.8, 4) is 11.1 Å². The molecule has 6 heteroatoms. The Morgan fingerprint density at radius 3 is 2.55 bits per heavy atom. The van der Waals surface area contributed by atoms with E-state index >= 15 is 0 Å². The molecular weight excluding hydrogens is 406 g/mol. The second kappa shape index (κ2) is 9.15. The van der Waals surface area contributed by atoms with Crippen LogP contribution < -0.4 is 5.32 Å². The summed E-state index contributed by atoms with van der Waals surface area (Å²) in [6.07, 6.45) is 6.17. The van der Waals surface area contributed by atoms with Crippen LogP contribution in [0.5, 0.6) is 0 Å². The Balaban J connectivity index is 1.46. The van der Waals surface area contributed by atoms with Crippen LogP contribution in [0.25, 0.3) is 17.2 Å². The summed E-state index contributed by atoms with van der Waals surface area (Å²) >= 11 is 0. The molecule has 2 aromatic carbocycles. The Morgan fingerprint density at radius 2 is 1.84 bits per heavy atom. The Kier molecular flexibility index (Phi) is 6.51. The van der Waals surface area contributed by atoms with Gasteiger partial charge < -0.3 is 10.2 Å². The van der Waals surface area contributed by atoms with E-state index in [9.17, 15) is 8.42 Å². The van der Waals surface area contributed by atoms with E-state index in [0.29, 0.717) is 25.2 Å². The lowest BCUT2D eigenvalue weighted by molar-refractivity contribution is 0.183. The van der Waals surface area contributed by atoms with Crippen LogP contribution in [-0.2, 0) is 16.6 Å². The van der Waals surface area contributed by atoms with Crippen molar-refractivity contribution in [1.82, 2.24) is 14.5 Å². The smallest absolute Gasteiger partial charge is 0.213 e. The first-order valence-electron chi connectivity index (χ1n) is 11.2. The van der Waals surface area contributed by atoms with Gasteiger partial charge in [0.05, 0.1) is 5.75 Å². The summed E-state index contributed by atoms with van der Waals surface area (Å²) in [7, 11) is -1.09. The summed E-state index contributed by atoms with van der Waals surface area (Å²) in [5.74, 6) is 0.188. The minimum Gasteiger partial charge on any atom is -0.370 e. The van der Waals surface area contributed by atoms with Crippen LogP contribution in [0.15, 0.2) is 48.7 Å². The highest BCUT2D eigenvalue weighted by Gasteiger charge is 2.29. The lowest BCUT2D eigenvalue weighted by Crippen LogP contribution is -2.45. The predicted molar refractivity (Wildman–Crippen MR) is 128 cm³/mol. The fourth-order valence-corrected chi connectivity index (χ4v) is 5.67. The lowest BCUT2D eigenvalue weighted by Gasteiger charge is -2.39. The molecule has 0 saturated carbocycles. The maximum absolute atomic E-state index is 12.1. The van der Waals surface area contributed by atoms with Crippen molar-refractivity contribution in [1.29, 1.82) is 0 Å². The van der Waals surface area contributed by atoms with Gasteiger partial charge in [-0.25, -0.2) is 12.7 Å². The van der Waals surface area contributed by atoms with Gasteiger partial charge in [-0.2, -0.15) is 0 Å². The Bertz CT molecular complexity index is 1060. The summed E-state index contributed by atoms with van der Waals surface area (Å²) in [5.41, 5.74) is 6.36. The minimum absolute atomic E-state index is 0.188. The quantitative estimate of drug-likeness (QED) is 0.732. The van der Waals surface area contributed by atoms with Gasteiger partial charge in [-0.05, 0) is 79.8 Å². The Morgan fingerprint density at radius 1 is 1.10 bits per heavy atom. The third-order valence-electron chi connectivity index (χ3n) is 6.75. The molecule has 1 N–H and O–H groups in total. The van der Waals surface area contributed by atoms with Crippen LogP contribution in [-0.4, -0.2) is 49.6 Å². The molecule has 4 rings (SSSR count). The van der Waals surface area contributed by atoms with Crippen LogP contribution >= 0.6 is 0 Å². The first kappa shape index (κ1) is 22.1. The van der Waals surface area contributed by atoms with Gasteiger partial charge in [0.15, 0.2) is 0 Å². The second-order valence-electron chi connectivity index (χ2n) is 8.57. The summed E-state index contributed by atoms with van der Waals surface area (Å²) in [5, 5.41) is 3.31. The first-order chi connectivity index (χ1) is 14.9. The highest BCUT2D eigenvalue weighted by molar-refractivity contribution is 7.89. The Labute approximate surface area is 186 Å². The number of rotatable bonds is 6. The molecule has 0 radical (unpaired) electrons. The third kappa shape index (κ3) is 4.71. The molecule has 0 amide bonds. The summed E-state index contributed by atoms with van der Waals surface area (Å²) < 4.78 is 25.9. The third-order valence-corrected chi connectivity index (χ3v) is 8.63. The standard InChI is InChI=1S/C25H33N3O2S/c1-4-31(29,30)28-14-11-25(12-15-28)27-13-10-23-17-22(8-9-24(23)18-27)21-7-5-6-20(16-21)19(2)26-3/h5-10,13,16-17,19,25-26H,4,11-12,14-15,18H2,1-3H3. The molecule has 1 unspecified atom stereocenters. The molecule has 1 saturated heterocycles. The molecule has 0 aromatic heterocycles. The van der Waals surface area contributed by atoms with E-state index in [1.807, 2.05) is 7.05 Å². The molecule has 1 atom stereocenters. The number of fused-ring (bicyclic) bond motifs is 1. The minimum atomic E-state index is -3.07. The van der Waals surface area contributed by atoms with Crippen molar-refractivity contribution in [3.05, 3.63) is 65.4 Å². The van der Waals surface area contributed by atoms with Crippen LogP contribution in [0.4, 0.5) is 0 Å². The van der Waals surface area contributed by atoms with Crippen LogP contribution in [0.2, 0.25) is 0 Å². The van der Waals surface area contributed by atoms with Gasteiger partial charge in [-0.3, -0.25) is 0 Å². The monoisotopic (exact) mass is 439 g/mol. The average Bonchev–Trinajstić information content (AvgIpc) is 2.83. The SMILES string of the molecule is CCS(=O)(=O)N1CCC(N2C=Cc3cc(-c4cccc(C(C)NC)c4)ccc3C2)CC1. The topological polar surface area (TPSA) is 52.7 Å². The number of piperidine rings is 1. The van der Waals surface area contributed by atoms with Crippen molar-refractivity contribution in [2.45, 2.75) is 45.3 Å². The normalized spacial score (nSPS) is 18.7. The molecule has 5 nitrogen and oxygen atoms in total. The van der Waals surface area contributed by atoms with Gasteiger partial charge >= 0.3 is 0 Å². The molecule has 2 aromatic rings. The van der Waals surface area contributed by atoms with E-state index in [-0.39, 0.29) is 5.75 Å². The van der Waals surface area contributed by atoms with E-state index in [1.165, 1.54) is 27.8 Å².